The van der Waals surface area contributed by atoms with Crippen molar-refractivity contribution in [3.8, 4) is 0 Å². The first kappa shape index (κ1) is 8.04. The summed E-state index contributed by atoms with van der Waals surface area (Å²) in [6.45, 7) is 1.80. The maximum atomic E-state index is 5.61. The van der Waals surface area contributed by atoms with Gasteiger partial charge < -0.3 is 0 Å². The van der Waals surface area contributed by atoms with E-state index in [-0.39, 0.29) is 5.17 Å². The molecule has 1 N–H and O–H groups in total. The van der Waals surface area contributed by atoms with Crippen LogP contribution in [0.5, 0.6) is 0 Å². The van der Waals surface area contributed by atoms with Gasteiger partial charge in [0, 0.05) is 5.70 Å². The Kier molecular flexibility index (Phi) is 2.33. The molecule has 1 aliphatic heterocycles. The van der Waals surface area contributed by atoms with Crippen LogP contribution in [-0.2, 0) is 0 Å². The third-order valence-corrected chi connectivity index (χ3v) is 2.09. The Bertz CT molecular complexity index is 213. The molecule has 0 aromatic carbocycles. The third-order valence-electron chi connectivity index (χ3n) is 0.986. The summed E-state index contributed by atoms with van der Waals surface area (Å²) in [5.74, 6) is 0. The average Bonchev–Trinajstić information content (AvgIpc) is 1.82. The van der Waals surface area contributed by atoms with Gasteiger partial charge >= 0.3 is 0 Å². The summed E-state index contributed by atoms with van der Waals surface area (Å²) in [4.78, 5) is 0.610. The number of thiol groups is 1. The van der Waals surface area contributed by atoms with Crippen LogP contribution in [0.1, 0.15) is 6.92 Å². The van der Waals surface area contributed by atoms with Gasteiger partial charge in [-0.15, -0.1) is 22.4 Å². The van der Waals surface area contributed by atoms with Gasteiger partial charge in [0.2, 0.25) is 0 Å². The molecular formula is C4H5Cl2N3S. The predicted molar refractivity (Wildman–Crippen MR) is 45.8 cm³/mol. The molecule has 0 fully saturated rings. The minimum Gasteiger partial charge on any atom is -0.270 e. The topological polar surface area (TPSA) is 27.6 Å². The van der Waals surface area contributed by atoms with Crippen LogP contribution in [-0.4, -0.2) is 9.81 Å². The van der Waals surface area contributed by atoms with E-state index in [2.05, 4.69) is 23.2 Å². The number of halogens is 2. The molecule has 1 aliphatic rings. The number of rotatable bonds is 0. The van der Waals surface area contributed by atoms with E-state index >= 15 is 0 Å². The maximum Gasteiger partial charge on any atom is 0.167 e. The summed E-state index contributed by atoms with van der Waals surface area (Å²) in [5.41, 5.74) is 3.47. The molecule has 0 unspecified atom stereocenters. The van der Waals surface area contributed by atoms with Gasteiger partial charge in [0.05, 0.1) is 16.7 Å². The Morgan fingerprint density at radius 2 is 2.30 bits per heavy atom. The van der Waals surface area contributed by atoms with Crippen LogP contribution in [0.15, 0.2) is 15.7 Å². The molecule has 0 atom stereocenters. The summed E-state index contributed by atoms with van der Waals surface area (Å²) in [6.07, 6.45) is 0. The van der Waals surface area contributed by atoms with Gasteiger partial charge in [0.25, 0.3) is 0 Å². The minimum absolute atomic E-state index is 0.287. The molecule has 0 aromatic heterocycles. The first-order valence-electron chi connectivity index (χ1n) is 2.48. The van der Waals surface area contributed by atoms with Crippen molar-refractivity contribution in [2.45, 2.75) is 6.92 Å². The molecule has 0 aliphatic carbocycles. The van der Waals surface area contributed by atoms with E-state index in [1.807, 2.05) is 0 Å². The van der Waals surface area contributed by atoms with E-state index in [4.69, 9.17) is 23.4 Å². The Morgan fingerprint density at radius 3 is 2.80 bits per heavy atom. The number of allylic oxidation sites excluding steroid dienone is 2. The van der Waals surface area contributed by atoms with Crippen LogP contribution in [0.25, 0.3) is 0 Å². The van der Waals surface area contributed by atoms with Crippen molar-refractivity contribution in [3.05, 3.63) is 10.6 Å². The zero-order valence-electron chi connectivity index (χ0n) is 5.10. The summed E-state index contributed by atoms with van der Waals surface area (Å²) in [7, 11) is 0. The zero-order chi connectivity index (χ0) is 7.72. The van der Waals surface area contributed by atoms with Crippen molar-refractivity contribution in [3.63, 3.8) is 0 Å². The van der Waals surface area contributed by atoms with Crippen LogP contribution in [0, 0.1) is 0 Å². The lowest BCUT2D eigenvalue weighted by Crippen LogP contribution is -2.29. The van der Waals surface area contributed by atoms with Gasteiger partial charge in [-0.05, 0) is 6.92 Å². The lowest BCUT2D eigenvalue weighted by molar-refractivity contribution is 0.394. The van der Waals surface area contributed by atoms with Gasteiger partial charge in [0.15, 0.2) is 5.17 Å². The lowest BCUT2D eigenvalue weighted by Gasteiger charge is -2.19. The number of hydrazone groups is 1. The van der Waals surface area contributed by atoms with Crippen LogP contribution in [0.2, 0.25) is 0 Å². The van der Waals surface area contributed by atoms with Crippen molar-refractivity contribution < 1.29 is 0 Å². The standard InChI is InChI=1S/C4H5Cl2N3S/c1-2-3(10)4(5)8-9(6)7-2/h7,10H,1H3. The Morgan fingerprint density at radius 1 is 1.70 bits per heavy atom. The molecule has 56 valence electrons. The normalized spacial score (nSPS) is 18.8. The van der Waals surface area contributed by atoms with Crippen LogP contribution in [0.4, 0.5) is 0 Å². The van der Waals surface area contributed by atoms with Gasteiger partial charge in [0.1, 0.15) is 0 Å². The van der Waals surface area contributed by atoms with Gasteiger partial charge in [-0.2, -0.15) is 0 Å². The van der Waals surface area contributed by atoms with E-state index in [0.717, 1.165) is 10.3 Å². The molecule has 0 spiro atoms. The van der Waals surface area contributed by atoms with Crippen molar-refractivity contribution in [2.24, 2.45) is 5.10 Å². The molecule has 0 saturated carbocycles. The van der Waals surface area contributed by atoms with E-state index in [0.29, 0.717) is 4.91 Å². The second-order valence-electron chi connectivity index (χ2n) is 1.74. The molecule has 0 bridgehead atoms. The Hall–Kier alpha value is -0.0600. The molecule has 0 aromatic rings. The molecule has 0 amide bonds. The highest BCUT2D eigenvalue weighted by Crippen LogP contribution is 2.17. The Balaban J connectivity index is 2.90. The summed E-state index contributed by atoms with van der Waals surface area (Å²) in [6, 6.07) is 0. The van der Waals surface area contributed by atoms with Crippen molar-refractivity contribution >= 4 is 41.2 Å². The van der Waals surface area contributed by atoms with Gasteiger partial charge in [-0.25, -0.2) is 0 Å². The van der Waals surface area contributed by atoms with E-state index in [1.165, 1.54) is 0 Å². The smallest absolute Gasteiger partial charge is 0.167 e. The fourth-order valence-corrected chi connectivity index (χ4v) is 1.05. The van der Waals surface area contributed by atoms with E-state index in [9.17, 15) is 0 Å². The van der Waals surface area contributed by atoms with Gasteiger partial charge in [-0.1, -0.05) is 11.6 Å². The molecule has 6 heteroatoms. The number of hydrogen-bond acceptors (Lipinski definition) is 4. The first-order chi connectivity index (χ1) is 4.61. The highest BCUT2D eigenvalue weighted by molar-refractivity contribution is 7.86. The van der Waals surface area contributed by atoms with Gasteiger partial charge in [-0.3, -0.25) is 5.43 Å². The SMILES string of the molecule is CC1=C(S)C(Cl)=NN(Cl)N1. The molecule has 10 heavy (non-hydrogen) atoms. The number of hydrazine groups is 1. The largest absolute Gasteiger partial charge is 0.270 e. The van der Waals surface area contributed by atoms with Crippen molar-refractivity contribution in [2.75, 3.05) is 0 Å². The number of hydrogen-bond donors (Lipinski definition) is 2. The lowest BCUT2D eigenvalue weighted by atomic mass is 10.4. The summed E-state index contributed by atoms with van der Waals surface area (Å²) in [5, 5.41) is 3.94. The second kappa shape index (κ2) is 2.90. The Labute approximate surface area is 74.2 Å². The van der Waals surface area contributed by atoms with Crippen molar-refractivity contribution in [1.29, 1.82) is 0 Å². The fourth-order valence-electron chi connectivity index (χ4n) is 0.496. The number of nitrogens with one attached hydrogen (secondary N) is 1. The van der Waals surface area contributed by atoms with Crippen LogP contribution in [0.3, 0.4) is 0 Å². The molecule has 1 rings (SSSR count). The van der Waals surface area contributed by atoms with Crippen LogP contribution >= 0.6 is 36.0 Å². The highest BCUT2D eigenvalue weighted by Gasteiger charge is 2.12. The van der Waals surface area contributed by atoms with Crippen molar-refractivity contribution in [1.82, 2.24) is 10.1 Å². The van der Waals surface area contributed by atoms with E-state index in [1.54, 1.807) is 6.92 Å². The predicted octanol–water partition coefficient (Wildman–Crippen LogP) is 1.67. The summed E-state index contributed by atoms with van der Waals surface area (Å²) < 4.78 is 1.01. The third kappa shape index (κ3) is 1.51. The highest BCUT2D eigenvalue weighted by atomic mass is 35.5. The molecular weight excluding hydrogens is 193 g/mol. The van der Waals surface area contributed by atoms with E-state index < -0.39 is 0 Å². The fraction of sp³-hybridized carbons (Fsp3) is 0.250. The minimum atomic E-state index is 0.287. The van der Waals surface area contributed by atoms with Crippen LogP contribution < -0.4 is 5.43 Å². The zero-order valence-corrected chi connectivity index (χ0v) is 7.50. The quantitative estimate of drug-likeness (QED) is 0.457. The first-order valence-corrected chi connectivity index (χ1v) is 3.64. The molecule has 0 radical (unpaired) electrons. The molecule has 0 saturated heterocycles. The molecule has 3 nitrogen and oxygen atoms in total. The molecule has 1 heterocycles. The maximum absolute atomic E-state index is 5.61. The monoisotopic (exact) mass is 197 g/mol. The average molecular weight is 198 g/mol. The number of nitrogens with zero attached hydrogens (tertiary/aromatic N) is 2. The summed E-state index contributed by atoms with van der Waals surface area (Å²) >= 11 is 15.1. The second-order valence-corrected chi connectivity index (χ2v) is 2.86.